The lowest BCUT2D eigenvalue weighted by Crippen LogP contribution is -2.60. The number of rotatable bonds is 6. The highest BCUT2D eigenvalue weighted by atomic mass is 32.3. The van der Waals surface area contributed by atoms with Crippen molar-refractivity contribution in [2.75, 3.05) is 6.61 Å². The maximum absolute atomic E-state index is 13.3. The second-order valence-corrected chi connectivity index (χ2v) is 8.91. The molecule has 0 bridgehead atoms. The molecule has 4 rings (SSSR count). The summed E-state index contributed by atoms with van der Waals surface area (Å²) >= 11 is 0. The first-order valence-corrected chi connectivity index (χ1v) is 11.5. The van der Waals surface area contributed by atoms with Gasteiger partial charge in [0.05, 0.1) is 6.61 Å². The number of phenols is 3. The summed E-state index contributed by atoms with van der Waals surface area (Å²) in [5.74, 6) is -2.14. The van der Waals surface area contributed by atoms with E-state index in [1.807, 2.05) is 0 Å². The lowest BCUT2D eigenvalue weighted by molar-refractivity contribution is -0.276. The minimum atomic E-state index is -4.95. The Hall–Kier alpha value is -3.44. The first kappa shape index (κ1) is 25.6. The van der Waals surface area contributed by atoms with Crippen molar-refractivity contribution in [1.29, 1.82) is 0 Å². The van der Waals surface area contributed by atoms with E-state index in [1.54, 1.807) is 0 Å². The van der Waals surface area contributed by atoms with Crippen molar-refractivity contribution in [3.05, 3.63) is 46.6 Å². The average molecular weight is 528 g/mol. The zero-order chi connectivity index (χ0) is 26.4. The second kappa shape index (κ2) is 9.55. The highest BCUT2D eigenvalue weighted by molar-refractivity contribution is 7.80. The molecule has 1 aromatic heterocycles. The number of hydrogen-bond donors (Lipinski definition) is 7. The summed E-state index contributed by atoms with van der Waals surface area (Å²) in [5.41, 5.74) is -1.06. The molecule has 2 aromatic carbocycles. The molecule has 7 N–H and O–H groups in total. The maximum Gasteiger partial charge on any atom is 0.397 e. The number of aliphatic hydroxyl groups excluding tert-OH is 3. The van der Waals surface area contributed by atoms with Gasteiger partial charge in [-0.2, -0.15) is 8.42 Å². The van der Waals surface area contributed by atoms with E-state index in [2.05, 4.69) is 4.18 Å². The summed E-state index contributed by atoms with van der Waals surface area (Å²) in [4.78, 5) is 13.3. The summed E-state index contributed by atoms with van der Waals surface area (Å²) in [7, 11) is -4.95. The van der Waals surface area contributed by atoms with Gasteiger partial charge in [-0.05, 0) is 24.3 Å². The van der Waals surface area contributed by atoms with E-state index in [-0.39, 0.29) is 22.7 Å². The molecule has 2 heterocycles. The molecular weight excluding hydrogens is 508 g/mol. The molecule has 15 heteroatoms. The standard InChI is InChI=1S/C21H20O14S/c22-9-3-1-8(2-4-9)19-20(16(26)14-11(24)5-10(23)6-12(14)33-19)35-21-18(28)17(27)15(25)13(34-21)7-32-36(29,30)31/h1-6,13,15,17-18,21-25,27-28H,7H2,(H,29,30,31)/t13-,15-,17-,18-,21-/m0/s1. The van der Waals surface area contributed by atoms with Crippen molar-refractivity contribution < 1.29 is 61.7 Å². The molecule has 0 amide bonds. The quantitative estimate of drug-likeness (QED) is 0.201. The highest BCUT2D eigenvalue weighted by Crippen LogP contribution is 2.37. The molecule has 1 aliphatic rings. The Labute approximate surface area is 201 Å². The molecule has 14 nitrogen and oxygen atoms in total. The molecule has 0 saturated carbocycles. The van der Waals surface area contributed by atoms with Gasteiger partial charge in [0.15, 0.2) is 5.76 Å². The zero-order valence-corrected chi connectivity index (χ0v) is 18.8. The largest absolute Gasteiger partial charge is 0.508 e. The van der Waals surface area contributed by atoms with Gasteiger partial charge in [-0.1, -0.05) is 0 Å². The van der Waals surface area contributed by atoms with E-state index in [4.69, 9.17) is 18.4 Å². The van der Waals surface area contributed by atoms with Crippen LogP contribution in [-0.4, -0.2) is 80.9 Å². The third-order valence-corrected chi connectivity index (χ3v) is 5.76. The van der Waals surface area contributed by atoms with Crippen molar-refractivity contribution in [1.82, 2.24) is 0 Å². The molecule has 0 unspecified atom stereocenters. The Morgan fingerprint density at radius 1 is 0.917 bits per heavy atom. The Morgan fingerprint density at radius 2 is 1.58 bits per heavy atom. The van der Waals surface area contributed by atoms with Crippen LogP contribution in [-0.2, 0) is 19.3 Å². The van der Waals surface area contributed by atoms with Crippen LogP contribution in [0, 0.1) is 0 Å². The molecule has 0 aliphatic carbocycles. The summed E-state index contributed by atoms with van der Waals surface area (Å²) in [6, 6.07) is 7.13. The van der Waals surface area contributed by atoms with Crippen LogP contribution in [0.1, 0.15) is 0 Å². The van der Waals surface area contributed by atoms with Gasteiger partial charge in [-0.25, -0.2) is 4.18 Å². The number of aromatic hydroxyl groups is 3. The van der Waals surface area contributed by atoms with Crippen molar-refractivity contribution in [2.24, 2.45) is 0 Å². The average Bonchev–Trinajstić information content (AvgIpc) is 2.79. The topological polar surface area (TPSA) is 234 Å². The molecular formula is C21H20O14S. The van der Waals surface area contributed by atoms with Crippen LogP contribution in [0.5, 0.6) is 23.0 Å². The van der Waals surface area contributed by atoms with Crippen molar-refractivity contribution in [3.63, 3.8) is 0 Å². The lowest BCUT2D eigenvalue weighted by atomic mass is 9.99. The Balaban J connectivity index is 1.81. The van der Waals surface area contributed by atoms with Crippen LogP contribution in [0.2, 0.25) is 0 Å². The second-order valence-electron chi connectivity index (χ2n) is 7.82. The first-order valence-electron chi connectivity index (χ1n) is 10.2. The normalized spacial score (nSPS) is 24.6. The third-order valence-electron chi connectivity index (χ3n) is 5.33. The third kappa shape index (κ3) is 5.07. The first-order chi connectivity index (χ1) is 16.9. The van der Waals surface area contributed by atoms with Crippen molar-refractivity contribution in [3.8, 4) is 34.3 Å². The lowest BCUT2D eigenvalue weighted by Gasteiger charge is -2.39. The molecule has 1 fully saturated rings. The molecule has 5 atom stereocenters. The van der Waals surface area contributed by atoms with Gasteiger partial charge >= 0.3 is 10.4 Å². The summed E-state index contributed by atoms with van der Waals surface area (Å²) < 4.78 is 51.3. The molecule has 1 aliphatic heterocycles. The van der Waals surface area contributed by atoms with Gasteiger partial charge in [0.25, 0.3) is 0 Å². The van der Waals surface area contributed by atoms with Gasteiger partial charge in [0, 0.05) is 17.7 Å². The van der Waals surface area contributed by atoms with E-state index in [0.717, 1.165) is 12.1 Å². The molecule has 1 saturated heterocycles. The Morgan fingerprint density at radius 3 is 2.22 bits per heavy atom. The number of aliphatic hydroxyl groups is 3. The number of phenolic OH excluding ortho intramolecular Hbond substituents is 3. The van der Waals surface area contributed by atoms with Gasteiger partial charge in [-0.3, -0.25) is 9.35 Å². The van der Waals surface area contributed by atoms with E-state index in [1.165, 1.54) is 24.3 Å². The number of ether oxygens (including phenoxy) is 2. The summed E-state index contributed by atoms with van der Waals surface area (Å²) in [6.07, 6.45) is -9.37. The predicted octanol–water partition coefficient (Wildman–Crippen LogP) is -0.417. The molecule has 194 valence electrons. The SMILES string of the molecule is O=c1c(O[C@@H]2O[C@@H](COS(=O)(=O)O)[C@H](O)[C@H](O)[C@@H]2O)c(-c2ccc(O)cc2)oc2cc(O)cc(O)c12. The Kier molecular flexibility index (Phi) is 6.80. The minimum absolute atomic E-state index is 0.121. The van der Waals surface area contributed by atoms with Crippen LogP contribution >= 0.6 is 0 Å². The Bertz CT molecular complexity index is 1430. The van der Waals surface area contributed by atoms with Crippen LogP contribution in [0.15, 0.2) is 45.6 Å². The van der Waals surface area contributed by atoms with Crippen LogP contribution in [0.25, 0.3) is 22.3 Å². The maximum atomic E-state index is 13.3. The molecule has 3 aromatic rings. The summed E-state index contributed by atoms with van der Waals surface area (Å²) in [6.45, 7) is -0.985. The highest BCUT2D eigenvalue weighted by Gasteiger charge is 2.46. The number of benzene rings is 2. The van der Waals surface area contributed by atoms with E-state index < -0.39 is 75.8 Å². The number of fused-ring (bicyclic) bond motifs is 1. The molecule has 36 heavy (non-hydrogen) atoms. The van der Waals surface area contributed by atoms with Crippen LogP contribution in [0.3, 0.4) is 0 Å². The van der Waals surface area contributed by atoms with Gasteiger partial charge in [-0.15, -0.1) is 0 Å². The minimum Gasteiger partial charge on any atom is -0.508 e. The van der Waals surface area contributed by atoms with E-state index in [9.17, 15) is 43.9 Å². The predicted molar refractivity (Wildman–Crippen MR) is 118 cm³/mol. The fourth-order valence-corrected chi connectivity index (χ4v) is 3.91. The monoisotopic (exact) mass is 528 g/mol. The van der Waals surface area contributed by atoms with Crippen LogP contribution < -0.4 is 10.2 Å². The fourth-order valence-electron chi connectivity index (χ4n) is 3.60. The van der Waals surface area contributed by atoms with Crippen molar-refractivity contribution >= 4 is 21.4 Å². The zero-order valence-electron chi connectivity index (χ0n) is 18.0. The molecule has 0 radical (unpaired) electrons. The van der Waals surface area contributed by atoms with Crippen molar-refractivity contribution in [2.45, 2.75) is 30.7 Å². The van der Waals surface area contributed by atoms with Gasteiger partial charge in [0.1, 0.15) is 52.6 Å². The summed E-state index contributed by atoms with van der Waals surface area (Å²) in [5, 5.41) is 59.9. The van der Waals surface area contributed by atoms with E-state index in [0.29, 0.717) is 0 Å². The van der Waals surface area contributed by atoms with Crippen LogP contribution in [0.4, 0.5) is 0 Å². The van der Waals surface area contributed by atoms with Gasteiger partial charge < -0.3 is 44.5 Å². The number of hydrogen-bond acceptors (Lipinski definition) is 13. The van der Waals surface area contributed by atoms with Gasteiger partial charge in [0.2, 0.25) is 17.5 Å². The smallest absolute Gasteiger partial charge is 0.397 e. The fraction of sp³-hybridized carbons (Fsp3) is 0.286. The van der Waals surface area contributed by atoms with E-state index >= 15 is 0 Å². The molecule has 0 spiro atoms.